The monoisotopic (exact) mass is 408 g/mol. The van der Waals surface area contributed by atoms with Gasteiger partial charge in [0, 0.05) is 0 Å². The number of halogens is 1. The number of aliphatic hydroxyl groups is 1. The highest BCUT2D eigenvalue weighted by molar-refractivity contribution is 6.32. The van der Waals surface area contributed by atoms with Crippen LogP contribution in [0.15, 0.2) is 91.0 Å². The molecule has 0 unspecified atom stereocenters. The highest BCUT2D eigenvalue weighted by Crippen LogP contribution is 2.30. The number of anilines is 1. The number of hydrogen-bond acceptors (Lipinski definition) is 3. The normalized spacial score (nSPS) is 12.1. The molecular formula is C23H21ClN2O3. The van der Waals surface area contributed by atoms with Gasteiger partial charge < -0.3 is 5.11 Å². The van der Waals surface area contributed by atoms with Crippen LogP contribution < -0.4 is 10.4 Å². The number of para-hydroxylation sites is 1. The summed E-state index contributed by atoms with van der Waals surface area (Å²) in [4.78, 5) is 26.1. The maximum atomic E-state index is 13.4. The molecule has 0 heterocycles. The van der Waals surface area contributed by atoms with Gasteiger partial charge >= 0.3 is 0 Å². The van der Waals surface area contributed by atoms with E-state index in [4.69, 9.17) is 11.6 Å². The minimum Gasteiger partial charge on any atom is -0.372 e. The Hall–Kier alpha value is -3.15. The first kappa shape index (κ1) is 20.6. The molecule has 3 aromatic carbocycles. The predicted molar refractivity (Wildman–Crippen MR) is 113 cm³/mol. The molecule has 148 valence electrons. The van der Waals surface area contributed by atoms with Crippen LogP contribution in [0.2, 0.25) is 0 Å². The smallest absolute Gasteiger partial charge is 0.280 e. The Labute approximate surface area is 174 Å². The van der Waals surface area contributed by atoms with Crippen molar-refractivity contribution in [2.24, 2.45) is 0 Å². The van der Waals surface area contributed by atoms with Gasteiger partial charge in [0.15, 0.2) is 5.60 Å². The summed E-state index contributed by atoms with van der Waals surface area (Å²) in [5.74, 6) is -1.29. The second-order valence-electron chi connectivity index (χ2n) is 6.51. The second-order valence-corrected chi connectivity index (χ2v) is 7.16. The summed E-state index contributed by atoms with van der Waals surface area (Å²) in [6, 6.07) is 25.8. The highest BCUT2D eigenvalue weighted by Gasteiger charge is 2.41. The maximum Gasteiger partial charge on any atom is 0.280 e. The lowest BCUT2D eigenvalue weighted by Gasteiger charge is -2.32. The number of hydrazine groups is 1. The molecule has 0 aliphatic rings. The zero-order chi connectivity index (χ0) is 20.9. The van der Waals surface area contributed by atoms with Crippen LogP contribution in [0, 0.1) is 0 Å². The number of rotatable bonds is 5. The van der Waals surface area contributed by atoms with Crippen molar-refractivity contribution in [2.75, 3.05) is 5.01 Å². The van der Waals surface area contributed by atoms with Crippen molar-refractivity contribution >= 4 is 29.1 Å². The van der Waals surface area contributed by atoms with Gasteiger partial charge in [-0.3, -0.25) is 15.0 Å². The Bertz CT molecular complexity index is 924. The van der Waals surface area contributed by atoms with Gasteiger partial charge in [0.05, 0.1) is 5.69 Å². The number of alkyl halides is 1. The predicted octanol–water partition coefficient (Wildman–Crippen LogP) is 3.61. The van der Waals surface area contributed by atoms with Gasteiger partial charge in [-0.15, -0.1) is 11.6 Å². The minimum absolute atomic E-state index is 0.378. The minimum atomic E-state index is -2.01. The van der Waals surface area contributed by atoms with E-state index in [1.165, 1.54) is 6.92 Å². The molecule has 3 rings (SSSR count). The molecule has 0 saturated heterocycles. The van der Waals surface area contributed by atoms with E-state index in [1.54, 1.807) is 91.0 Å². The van der Waals surface area contributed by atoms with Crippen LogP contribution in [0.5, 0.6) is 0 Å². The fourth-order valence-corrected chi connectivity index (χ4v) is 3.07. The van der Waals surface area contributed by atoms with Crippen LogP contribution in [-0.2, 0) is 15.2 Å². The van der Waals surface area contributed by atoms with E-state index in [1.807, 2.05) is 0 Å². The fourth-order valence-electron chi connectivity index (χ4n) is 2.97. The molecule has 0 radical (unpaired) electrons. The zero-order valence-corrected chi connectivity index (χ0v) is 16.6. The molecule has 2 amide bonds. The van der Waals surface area contributed by atoms with E-state index in [2.05, 4.69) is 5.43 Å². The quantitative estimate of drug-likeness (QED) is 0.500. The van der Waals surface area contributed by atoms with Crippen LogP contribution in [-0.4, -0.2) is 22.3 Å². The third-order valence-electron chi connectivity index (χ3n) is 4.50. The van der Waals surface area contributed by atoms with Crippen molar-refractivity contribution in [1.82, 2.24) is 5.43 Å². The van der Waals surface area contributed by atoms with E-state index >= 15 is 0 Å². The Kier molecular flexibility index (Phi) is 6.32. The zero-order valence-electron chi connectivity index (χ0n) is 15.8. The fraction of sp³-hybridized carbons (Fsp3) is 0.130. The Morgan fingerprint density at radius 2 is 1.28 bits per heavy atom. The summed E-state index contributed by atoms with van der Waals surface area (Å²) in [5, 5.41) is 11.7. The molecule has 0 saturated carbocycles. The first-order chi connectivity index (χ1) is 13.9. The van der Waals surface area contributed by atoms with Crippen molar-refractivity contribution < 1.29 is 14.7 Å². The summed E-state index contributed by atoms with van der Waals surface area (Å²) in [5.41, 5.74) is 1.74. The van der Waals surface area contributed by atoms with E-state index in [9.17, 15) is 14.7 Å². The summed E-state index contributed by atoms with van der Waals surface area (Å²) in [7, 11) is 0. The molecule has 0 aliphatic carbocycles. The standard InChI is InChI=1S/C23H21ClN2O3/c1-17(24)21(27)26(20-15-9-4-10-16-20)25-22(28)23(29,18-11-5-2-6-12-18)19-13-7-3-8-14-19/h2-17,29H,1H3,(H,25,28)/t17-/m0/s1. The summed E-state index contributed by atoms with van der Waals surface area (Å²) >= 11 is 6.00. The molecule has 0 bridgehead atoms. The maximum absolute atomic E-state index is 13.4. The summed E-state index contributed by atoms with van der Waals surface area (Å²) in [6.45, 7) is 1.52. The number of amides is 2. The molecular weight excluding hydrogens is 388 g/mol. The van der Waals surface area contributed by atoms with Crippen LogP contribution in [0.4, 0.5) is 5.69 Å². The average Bonchev–Trinajstić information content (AvgIpc) is 2.78. The molecule has 0 aliphatic heterocycles. The largest absolute Gasteiger partial charge is 0.372 e. The molecule has 29 heavy (non-hydrogen) atoms. The first-order valence-corrected chi connectivity index (χ1v) is 9.56. The van der Waals surface area contributed by atoms with Gasteiger partial charge in [-0.05, 0) is 30.2 Å². The van der Waals surface area contributed by atoms with Crippen molar-refractivity contribution in [1.29, 1.82) is 0 Å². The van der Waals surface area contributed by atoms with Crippen LogP contribution in [0.25, 0.3) is 0 Å². The lowest BCUT2D eigenvalue weighted by atomic mass is 9.85. The Balaban J connectivity index is 2.04. The van der Waals surface area contributed by atoms with Gasteiger partial charge in [-0.2, -0.15) is 0 Å². The van der Waals surface area contributed by atoms with E-state index in [-0.39, 0.29) is 0 Å². The van der Waals surface area contributed by atoms with Crippen molar-refractivity contribution in [3.8, 4) is 0 Å². The molecule has 1 atom stereocenters. The number of carbonyl (C=O) groups is 2. The van der Waals surface area contributed by atoms with Crippen LogP contribution >= 0.6 is 11.6 Å². The van der Waals surface area contributed by atoms with E-state index in [0.29, 0.717) is 16.8 Å². The van der Waals surface area contributed by atoms with Crippen molar-refractivity contribution in [3.05, 3.63) is 102 Å². The van der Waals surface area contributed by atoms with Gasteiger partial charge in [0.2, 0.25) is 0 Å². The molecule has 0 spiro atoms. The van der Waals surface area contributed by atoms with Gasteiger partial charge in [-0.1, -0.05) is 78.9 Å². The van der Waals surface area contributed by atoms with Gasteiger partial charge in [-0.25, -0.2) is 5.01 Å². The third-order valence-corrected chi connectivity index (χ3v) is 4.69. The molecule has 0 fully saturated rings. The summed E-state index contributed by atoms with van der Waals surface area (Å²) in [6.07, 6.45) is 0. The number of hydrogen-bond donors (Lipinski definition) is 2. The Morgan fingerprint density at radius 3 is 1.69 bits per heavy atom. The first-order valence-electron chi connectivity index (χ1n) is 9.12. The van der Waals surface area contributed by atoms with Crippen LogP contribution in [0.1, 0.15) is 18.1 Å². The van der Waals surface area contributed by atoms with Crippen molar-refractivity contribution in [2.45, 2.75) is 17.9 Å². The lowest BCUT2D eigenvalue weighted by Crippen LogP contribution is -2.55. The number of nitrogens with one attached hydrogen (secondary N) is 1. The summed E-state index contributed by atoms with van der Waals surface area (Å²) < 4.78 is 0. The number of nitrogens with zero attached hydrogens (tertiary/aromatic N) is 1. The number of carbonyl (C=O) groups excluding carboxylic acids is 2. The van der Waals surface area contributed by atoms with Crippen LogP contribution in [0.3, 0.4) is 0 Å². The topological polar surface area (TPSA) is 69.6 Å². The molecule has 5 nitrogen and oxygen atoms in total. The molecule has 6 heteroatoms. The van der Waals surface area contributed by atoms with Crippen molar-refractivity contribution in [3.63, 3.8) is 0 Å². The SMILES string of the molecule is C[C@H](Cl)C(=O)N(NC(=O)C(O)(c1ccccc1)c1ccccc1)c1ccccc1. The molecule has 3 aromatic rings. The number of benzene rings is 3. The lowest BCUT2D eigenvalue weighted by molar-refractivity contribution is -0.138. The van der Waals surface area contributed by atoms with Gasteiger partial charge in [0.25, 0.3) is 11.8 Å². The van der Waals surface area contributed by atoms with E-state index < -0.39 is 22.8 Å². The second kappa shape index (κ2) is 8.90. The van der Waals surface area contributed by atoms with E-state index in [0.717, 1.165) is 5.01 Å². The average molecular weight is 409 g/mol. The Morgan fingerprint density at radius 1 is 0.862 bits per heavy atom. The molecule has 2 N–H and O–H groups in total. The third kappa shape index (κ3) is 4.31. The molecule has 0 aromatic heterocycles. The van der Waals surface area contributed by atoms with Gasteiger partial charge in [0.1, 0.15) is 5.38 Å². The highest BCUT2D eigenvalue weighted by atomic mass is 35.5.